The van der Waals surface area contributed by atoms with Crippen LogP contribution in [0.5, 0.6) is 5.75 Å². The van der Waals surface area contributed by atoms with Crippen LogP contribution < -0.4 is 5.43 Å². The van der Waals surface area contributed by atoms with Crippen LogP contribution in [0.25, 0.3) is 33.4 Å². The predicted molar refractivity (Wildman–Crippen MR) is 126 cm³/mol. The van der Waals surface area contributed by atoms with Crippen LogP contribution >= 0.6 is 61.1 Å². The van der Waals surface area contributed by atoms with Gasteiger partial charge in [0.2, 0.25) is 0 Å². The lowest BCUT2D eigenvalue weighted by Gasteiger charge is -2.18. The van der Waals surface area contributed by atoms with Crippen molar-refractivity contribution in [2.24, 2.45) is 0 Å². The number of benzene rings is 3. The Hall–Kier alpha value is -1.66. The first-order chi connectivity index (χ1) is 13.3. The molecule has 0 amide bonds. The maximum atomic E-state index is 12.2. The van der Waals surface area contributed by atoms with E-state index in [4.69, 9.17) is 4.42 Å². The molecule has 0 bridgehead atoms. The Kier molecular flexibility index (Phi) is 5.12. The summed E-state index contributed by atoms with van der Waals surface area (Å²) < 4.78 is 7.36. The number of carboxylic acids is 1. The third-order valence-electron chi connectivity index (χ3n) is 4.38. The summed E-state index contributed by atoms with van der Waals surface area (Å²) in [4.78, 5) is 24.0. The van der Waals surface area contributed by atoms with Crippen molar-refractivity contribution in [3.05, 3.63) is 69.9 Å². The van der Waals surface area contributed by atoms with Crippen molar-refractivity contribution in [2.75, 3.05) is 0 Å². The van der Waals surface area contributed by atoms with Gasteiger partial charge in [-0.05, 0) is 90.9 Å². The molecule has 0 radical (unpaired) electrons. The van der Waals surface area contributed by atoms with Crippen molar-refractivity contribution in [3.63, 3.8) is 0 Å². The van der Waals surface area contributed by atoms with Gasteiger partial charge in [0.15, 0.2) is 16.8 Å². The summed E-state index contributed by atoms with van der Waals surface area (Å²) >= 11 is 7.24. The van der Waals surface area contributed by atoms with Crippen LogP contribution in [0.3, 0.4) is 0 Å². The fourth-order valence-corrected chi connectivity index (χ4v) is 5.21. The van der Waals surface area contributed by atoms with Gasteiger partial charge >= 0.3 is 5.97 Å². The maximum Gasteiger partial charge on any atom is 0.336 e. The third kappa shape index (κ3) is 3.01. The fraction of sp³-hybridized carbons (Fsp3) is 0. The van der Waals surface area contributed by atoms with Crippen LogP contribution in [-0.2, 0) is 0 Å². The second-order valence-corrected chi connectivity index (χ2v) is 8.99. The van der Waals surface area contributed by atoms with Crippen molar-refractivity contribution >= 4 is 78.1 Å². The first-order valence-electron chi connectivity index (χ1n) is 7.90. The van der Waals surface area contributed by atoms with Gasteiger partial charge in [-0.15, -0.1) is 0 Å². The van der Waals surface area contributed by atoms with Crippen molar-refractivity contribution in [2.45, 2.75) is 0 Å². The summed E-state index contributed by atoms with van der Waals surface area (Å²) in [6.45, 7) is 0. The van der Waals surface area contributed by atoms with E-state index >= 15 is 0 Å². The molecule has 0 spiro atoms. The first kappa shape index (κ1) is 19.6. The SMILES string of the molecule is O=C(O)c1ccccc1-c1c2ccc(=O)c(I)c-2oc2c(I)c(O)c(Br)cc12. The molecule has 140 valence electrons. The second kappa shape index (κ2) is 7.30. The van der Waals surface area contributed by atoms with Crippen LogP contribution in [-0.4, -0.2) is 16.2 Å². The molecule has 0 atom stereocenters. The van der Waals surface area contributed by atoms with Gasteiger partial charge in [-0.3, -0.25) is 4.79 Å². The van der Waals surface area contributed by atoms with E-state index in [2.05, 4.69) is 15.9 Å². The van der Waals surface area contributed by atoms with Crippen molar-refractivity contribution in [3.8, 4) is 28.2 Å². The number of phenolic OH excluding ortho intramolecular Hbond substituents is 1. The van der Waals surface area contributed by atoms with E-state index in [1.165, 1.54) is 12.1 Å². The number of carboxylic acid groups (broad SMARTS) is 1. The van der Waals surface area contributed by atoms with Gasteiger partial charge < -0.3 is 14.6 Å². The minimum atomic E-state index is -1.06. The summed E-state index contributed by atoms with van der Waals surface area (Å²) in [5.74, 6) is -0.683. The maximum absolute atomic E-state index is 12.2. The molecule has 0 unspecified atom stereocenters. The molecule has 1 aliphatic heterocycles. The normalized spacial score (nSPS) is 11.2. The molecular formula is C20H9BrI2O5. The fourth-order valence-electron chi connectivity index (χ4n) is 3.14. The van der Waals surface area contributed by atoms with Gasteiger partial charge in [-0.2, -0.15) is 0 Å². The molecule has 1 heterocycles. The number of hydrogen-bond donors (Lipinski definition) is 2. The highest BCUT2D eigenvalue weighted by Crippen LogP contribution is 2.46. The van der Waals surface area contributed by atoms with E-state index < -0.39 is 5.97 Å². The summed E-state index contributed by atoms with van der Waals surface area (Å²) in [6.07, 6.45) is 0. The first-order valence-corrected chi connectivity index (χ1v) is 10.8. The topological polar surface area (TPSA) is 87.7 Å². The summed E-state index contributed by atoms with van der Waals surface area (Å²) in [7, 11) is 0. The largest absolute Gasteiger partial charge is 0.506 e. The zero-order chi connectivity index (χ0) is 20.2. The Morgan fingerprint density at radius 2 is 1.75 bits per heavy atom. The minimum Gasteiger partial charge on any atom is -0.506 e. The molecule has 4 rings (SSSR count). The van der Waals surface area contributed by atoms with E-state index in [-0.39, 0.29) is 16.7 Å². The average molecular weight is 663 g/mol. The van der Waals surface area contributed by atoms with E-state index in [1.807, 2.05) is 45.2 Å². The summed E-state index contributed by atoms with van der Waals surface area (Å²) in [6, 6.07) is 11.5. The molecule has 2 aromatic rings. The standard InChI is InChI=1S/C20H9BrI2O5/c21-12-7-11-14(8-3-1-2-4-9(8)20(26)27)10-5-6-13(24)15(22)18(10)28-19(11)16(23)17(12)25/h1-7,25H,(H,26,27). The summed E-state index contributed by atoms with van der Waals surface area (Å²) in [5, 5.41) is 20.7. The second-order valence-electron chi connectivity index (χ2n) is 5.98. The molecule has 0 aromatic heterocycles. The van der Waals surface area contributed by atoms with Crippen LogP contribution in [0, 0.1) is 7.14 Å². The van der Waals surface area contributed by atoms with Crippen molar-refractivity contribution < 1.29 is 19.4 Å². The number of aromatic hydroxyl groups is 1. The Morgan fingerprint density at radius 1 is 1.04 bits per heavy atom. The lowest BCUT2D eigenvalue weighted by Crippen LogP contribution is -2.08. The number of hydrogen-bond acceptors (Lipinski definition) is 4. The number of halogens is 3. The average Bonchev–Trinajstić information content (AvgIpc) is 2.68. The van der Waals surface area contributed by atoms with E-state index in [9.17, 15) is 19.8 Å². The van der Waals surface area contributed by atoms with E-state index in [0.717, 1.165) is 0 Å². The van der Waals surface area contributed by atoms with E-state index in [1.54, 1.807) is 30.3 Å². The van der Waals surface area contributed by atoms with Gasteiger partial charge in [-0.1, -0.05) is 18.2 Å². The number of fused-ring (bicyclic) bond motifs is 2. The lowest BCUT2D eigenvalue weighted by atomic mass is 9.91. The predicted octanol–water partition coefficient (Wildman–Crippen LogP) is 5.94. The van der Waals surface area contributed by atoms with Crippen LogP contribution in [0.4, 0.5) is 0 Å². The van der Waals surface area contributed by atoms with Gasteiger partial charge in [0, 0.05) is 16.5 Å². The van der Waals surface area contributed by atoms with Gasteiger partial charge in [0.25, 0.3) is 0 Å². The van der Waals surface area contributed by atoms with Gasteiger partial charge in [-0.25, -0.2) is 4.79 Å². The monoisotopic (exact) mass is 662 g/mol. The van der Waals surface area contributed by atoms with Crippen LogP contribution in [0.1, 0.15) is 10.4 Å². The molecule has 2 N–H and O–H groups in total. The number of rotatable bonds is 2. The molecule has 28 heavy (non-hydrogen) atoms. The number of aromatic carboxylic acids is 1. The molecule has 2 aliphatic rings. The van der Waals surface area contributed by atoms with Crippen LogP contribution in [0.15, 0.2) is 56.1 Å². The molecule has 0 fully saturated rings. The molecular weight excluding hydrogens is 654 g/mol. The molecule has 2 aromatic carbocycles. The van der Waals surface area contributed by atoms with Crippen molar-refractivity contribution in [1.82, 2.24) is 0 Å². The lowest BCUT2D eigenvalue weighted by molar-refractivity contribution is 0.0697. The Labute approximate surface area is 194 Å². The minimum absolute atomic E-state index is 0.0157. The highest BCUT2D eigenvalue weighted by atomic mass is 127. The molecule has 5 nitrogen and oxygen atoms in total. The van der Waals surface area contributed by atoms with Gasteiger partial charge in [0.1, 0.15) is 9.32 Å². The Morgan fingerprint density at radius 3 is 2.46 bits per heavy atom. The summed E-state index contributed by atoms with van der Waals surface area (Å²) in [5.41, 5.74) is 2.09. The van der Waals surface area contributed by atoms with Crippen LogP contribution in [0.2, 0.25) is 0 Å². The number of phenols is 1. The third-order valence-corrected chi connectivity index (χ3v) is 7.01. The Bertz CT molecular complexity index is 1310. The smallest absolute Gasteiger partial charge is 0.336 e. The molecule has 0 saturated carbocycles. The highest BCUT2D eigenvalue weighted by Gasteiger charge is 2.25. The van der Waals surface area contributed by atoms with Crippen molar-refractivity contribution in [1.29, 1.82) is 0 Å². The Balaban J connectivity index is 2.31. The van der Waals surface area contributed by atoms with E-state index in [0.29, 0.717) is 45.0 Å². The zero-order valence-electron chi connectivity index (χ0n) is 13.8. The molecule has 8 heteroatoms. The highest BCUT2D eigenvalue weighted by molar-refractivity contribution is 14.1. The molecule has 0 saturated heterocycles. The quantitative estimate of drug-likeness (QED) is 0.205. The molecule has 1 aliphatic carbocycles. The zero-order valence-corrected chi connectivity index (χ0v) is 19.7. The van der Waals surface area contributed by atoms with Gasteiger partial charge in [0.05, 0.1) is 13.6 Å². The number of carbonyl (C=O) groups is 1.